The molecule has 0 saturated carbocycles. The molecule has 0 radical (unpaired) electrons. The standard InChI is InChI=1S/C14H12F2N2S2/c1-20-10-4-2-9(3-5-10)18-13-11(15)6-8(14(17)19)7-12(13)16/h2-7,18H,1H3,(H2,17,19). The average Bonchev–Trinajstić information content (AvgIpc) is 2.43. The lowest BCUT2D eigenvalue weighted by atomic mass is 10.1. The fourth-order valence-electron chi connectivity index (χ4n) is 1.65. The summed E-state index contributed by atoms with van der Waals surface area (Å²) in [6.07, 6.45) is 1.95. The van der Waals surface area contributed by atoms with Gasteiger partial charge in [0.2, 0.25) is 0 Å². The second kappa shape index (κ2) is 6.19. The van der Waals surface area contributed by atoms with Gasteiger partial charge in [-0.05, 0) is 42.7 Å². The molecule has 0 aromatic heterocycles. The van der Waals surface area contributed by atoms with Gasteiger partial charge in [-0.3, -0.25) is 0 Å². The van der Waals surface area contributed by atoms with E-state index in [4.69, 9.17) is 18.0 Å². The van der Waals surface area contributed by atoms with Gasteiger partial charge in [-0.2, -0.15) is 0 Å². The molecule has 2 aromatic rings. The van der Waals surface area contributed by atoms with Crippen LogP contribution in [0, 0.1) is 11.6 Å². The molecule has 104 valence electrons. The summed E-state index contributed by atoms with van der Waals surface area (Å²) >= 11 is 6.29. The van der Waals surface area contributed by atoms with E-state index in [-0.39, 0.29) is 16.2 Å². The number of anilines is 2. The van der Waals surface area contributed by atoms with E-state index in [2.05, 4.69) is 5.32 Å². The van der Waals surface area contributed by atoms with Gasteiger partial charge < -0.3 is 11.1 Å². The van der Waals surface area contributed by atoms with Crippen molar-refractivity contribution in [2.45, 2.75) is 4.90 Å². The number of nitrogens with one attached hydrogen (secondary N) is 1. The quantitative estimate of drug-likeness (QED) is 0.659. The third-order valence-corrected chi connectivity index (χ3v) is 3.67. The van der Waals surface area contributed by atoms with Crippen LogP contribution in [0.4, 0.5) is 20.2 Å². The molecule has 0 saturated heterocycles. The largest absolute Gasteiger partial charge is 0.389 e. The summed E-state index contributed by atoms with van der Waals surface area (Å²) in [5.41, 5.74) is 5.91. The molecule has 0 spiro atoms. The van der Waals surface area contributed by atoms with Crippen LogP contribution in [0.2, 0.25) is 0 Å². The lowest BCUT2D eigenvalue weighted by Crippen LogP contribution is -2.11. The Bertz CT molecular complexity index is 619. The van der Waals surface area contributed by atoms with Crippen LogP contribution in [-0.2, 0) is 0 Å². The monoisotopic (exact) mass is 310 g/mol. The number of halogens is 2. The van der Waals surface area contributed by atoms with Gasteiger partial charge in [0.05, 0.1) is 0 Å². The van der Waals surface area contributed by atoms with Crippen molar-refractivity contribution in [3.05, 3.63) is 53.6 Å². The average molecular weight is 310 g/mol. The molecule has 6 heteroatoms. The van der Waals surface area contributed by atoms with E-state index >= 15 is 0 Å². The number of hydrogen-bond donors (Lipinski definition) is 2. The zero-order valence-corrected chi connectivity index (χ0v) is 12.2. The minimum absolute atomic E-state index is 0.0429. The second-order valence-electron chi connectivity index (χ2n) is 4.03. The van der Waals surface area contributed by atoms with Crippen molar-refractivity contribution < 1.29 is 8.78 Å². The van der Waals surface area contributed by atoms with Crippen molar-refractivity contribution in [1.82, 2.24) is 0 Å². The molecule has 2 nitrogen and oxygen atoms in total. The van der Waals surface area contributed by atoms with Gasteiger partial charge >= 0.3 is 0 Å². The fourth-order valence-corrected chi connectivity index (χ4v) is 2.18. The van der Waals surface area contributed by atoms with E-state index in [0.717, 1.165) is 17.0 Å². The number of thiocarbonyl (C=S) groups is 1. The molecule has 0 atom stereocenters. The van der Waals surface area contributed by atoms with Crippen LogP contribution < -0.4 is 11.1 Å². The lowest BCUT2D eigenvalue weighted by molar-refractivity contribution is 0.590. The number of benzene rings is 2. The van der Waals surface area contributed by atoms with E-state index in [1.54, 1.807) is 23.9 Å². The number of hydrogen-bond acceptors (Lipinski definition) is 3. The third-order valence-electron chi connectivity index (χ3n) is 2.69. The minimum Gasteiger partial charge on any atom is -0.389 e. The summed E-state index contributed by atoms with van der Waals surface area (Å²) in [4.78, 5) is 1.03. The predicted molar refractivity (Wildman–Crippen MR) is 83.8 cm³/mol. The highest BCUT2D eigenvalue weighted by atomic mass is 32.2. The molecule has 2 rings (SSSR count). The maximum Gasteiger partial charge on any atom is 0.150 e. The van der Waals surface area contributed by atoms with E-state index in [9.17, 15) is 8.78 Å². The summed E-state index contributed by atoms with van der Waals surface area (Å²) in [6.45, 7) is 0. The first-order chi connectivity index (χ1) is 9.51. The molecule has 0 amide bonds. The second-order valence-corrected chi connectivity index (χ2v) is 5.35. The Labute approximate surface area is 125 Å². The van der Waals surface area contributed by atoms with Crippen LogP contribution in [0.3, 0.4) is 0 Å². The Kier molecular flexibility index (Phi) is 4.57. The molecule has 0 heterocycles. The van der Waals surface area contributed by atoms with Crippen molar-refractivity contribution >= 4 is 40.3 Å². The third kappa shape index (κ3) is 3.26. The molecule has 0 aliphatic carbocycles. The summed E-state index contributed by atoms with van der Waals surface area (Å²) in [5, 5.41) is 2.71. The first kappa shape index (κ1) is 14.7. The Hall–Kier alpha value is -1.66. The molecule has 3 N–H and O–H groups in total. The Morgan fingerprint density at radius 1 is 1.15 bits per heavy atom. The Morgan fingerprint density at radius 3 is 2.15 bits per heavy atom. The molecule has 2 aromatic carbocycles. The van der Waals surface area contributed by atoms with E-state index in [1.165, 1.54) is 0 Å². The van der Waals surface area contributed by atoms with Gasteiger partial charge in [-0.15, -0.1) is 11.8 Å². The van der Waals surface area contributed by atoms with Crippen LogP contribution in [0.25, 0.3) is 0 Å². The number of thioether (sulfide) groups is 1. The Balaban J connectivity index is 2.30. The fraction of sp³-hybridized carbons (Fsp3) is 0.0714. The number of nitrogens with two attached hydrogens (primary N) is 1. The molecule has 20 heavy (non-hydrogen) atoms. The SMILES string of the molecule is CSc1ccc(Nc2c(F)cc(C(N)=S)cc2F)cc1. The van der Waals surface area contributed by atoms with E-state index in [1.807, 2.05) is 18.4 Å². The highest BCUT2D eigenvalue weighted by Crippen LogP contribution is 2.26. The summed E-state index contributed by atoms with van der Waals surface area (Å²) < 4.78 is 27.8. The molecular formula is C14H12F2N2S2. The first-order valence-corrected chi connectivity index (χ1v) is 7.34. The molecular weight excluding hydrogens is 298 g/mol. The lowest BCUT2D eigenvalue weighted by Gasteiger charge is -2.10. The maximum atomic E-state index is 13.9. The highest BCUT2D eigenvalue weighted by Gasteiger charge is 2.12. The molecule has 0 aliphatic rings. The van der Waals surface area contributed by atoms with Crippen LogP contribution in [-0.4, -0.2) is 11.2 Å². The molecule has 0 unspecified atom stereocenters. The highest BCUT2D eigenvalue weighted by molar-refractivity contribution is 7.98. The van der Waals surface area contributed by atoms with Gasteiger partial charge in [0, 0.05) is 16.1 Å². The number of rotatable bonds is 4. The molecule has 0 aliphatic heterocycles. The van der Waals surface area contributed by atoms with Crippen molar-refractivity contribution in [2.24, 2.45) is 5.73 Å². The van der Waals surface area contributed by atoms with Gasteiger partial charge in [0.15, 0.2) is 0 Å². The summed E-state index contributed by atoms with van der Waals surface area (Å²) in [6, 6.07) is 9.48. The van der Waals surface area contributed by atoms with Crippen molar-refractivity contribution in [2.75, 3.05) is 11.6 Å². The summed E-state index contributed by atoms with van der Waals surface area (Å²) in [5.74, 6) is -1.47. The summed E-state index contributed by atoms with van der Waals surface area (Å²) in [7, 11) is 0. The first-order valence-electron chi connectivity index (χ1n) is 5.71. The van der Waals surface area contributed by atoms with Gasteiger partial charge in [0.25, 0.3) is 0 Å². The van der Waals surface area contributed by atoms with Gasteiger partial charge in [0.1, 0.15) is 22.3 Å². The van der Waals surface area contributed by atoms with Crippen LogP contribution in [0.1, 0.15) is 5.56 Å². The van der Waals surface area contributed by atoms with E-state index in [0.29, 0.717) is 5.69 Å². The van der Waals surface area contributed by atoms with Crippen molar-refractivity contribution in [1.29, 1.82) is 0 Å². The zero-order chi connectivity index (χ0) is 14.7. The Morgan fingerprint density at radius 2 is 1.70 bits per heavy atom. The van der Waals surface area contributed by atoms with Gasteiger partial charge in [-0.1, -0.05) is 12.2 Å². The maximum absolute atomic E-state index is 13.9. The van der Waals surface area contributed by atoms with Crippen LogP contribution in [0.5, 0.6) is 0 Å². The van der Waals surface area contributed by atoms with E-state index < -0.39 is 11.6 Å². The minimum atomic E-state index is -0.734. The smallest absolute Gasteiger partial charge is 0.150 e. The van der Waals surface area contributed by atoms with Crippen LogP contribution >= 0.6 is 24.0 Å². The van der Waals surface area contributed by atoms with Crippen LogP contribution in [0.15, 0.2) is 41.3 Å². The topological polar surface area (TPSA) is 38.0 Å². The molecule has 0 bridgehead atoms. The van der Waals surface area contributed by atoms with Crippen molar-refractivity contribution in [3.63, 3.8) is 0 Å². The molecule has 0 fully saturated rings. The van der Waals surface area contributed by atoms with Crippen molar-refractivity contribution in [3.8, 4) is 0 Å². The van der Waals surface area contributed by atoms with Gasteiger partial charge in [-0.25, -0.2) is 8.78 Å². The predicted octanol–water partition coefficient (Wildman–Crippen LogP) is 4.06. The normalized spacial score (nSPS) is 10.3. The zero-order valence-electron chi connectivity index (χ0n) is 10.6.